The van der Waals surface area contributed by atoms with Gasteiger partial charge in [0.1, 0.15) is 5.75 Å². The van der Waals surface area contributed by atoms with Gasteiger partial charge in [-0.2, -0.15) is 0 Å². The van der Waals surface area contributed by atoms with E-state index in [1.807, 2.05) is 45.0 Å². The molecule has 2 aromatic rings. The zero-order chi connectivity index (χ0) is 18.8. The fourth-order valence-corrected chi connectivity index (χ4v) is 4.09. The lowest BCUT2D eigenvalue weighted by Gasteiger charge is -2.16. The van der Waals surface area contributed by atoms with Crippen molar-refractivity contribution >= 4 is 57.6 Å². The number of hydrogen-bond acceptors (Lipinski definition) is 4. The molecule has 1 aliphatic heterocycles. The molecule has 1 aliphatic rings. The third kappa shape index (κ3) is 3.80. The molecule has 1 saturated heterocycles. The molecular formula is C20H18ClNO2S2. The Hall–Kier alpha value is -1.82. The maximum atomic E-state index is 12.9. The predicted molar refractivity (Wildman–Crippen MR) is 114 cm³/mol. The van der Waals surface area contributed by atoms with Crippen molar-refractivity contribution < 1.29 is 9.53 Å². The number of rotatable bonds is 4. The molecule has 0 N–H and O–H groups in total. The minimum atomic E-state index is -0.134. The monoisotopic (exact) mass is 403 g/mol. The number of benzene rings is 2. The van der Waals surface area contributed by atoms with Crippen LogP contribution in [0.1, 0.15) is 23.6 Å². The van der Waals surface area contributed by atoms with Gasteiger partial charge in [0.2, 0.25) is 0 Å². The fraction of sp³-hybridized carbons (Fsp3) is 0.200. The van der Waals surface area contributed by atoms with Crippen LogP contribution in [0.3, 0.4) is 0 Å². The molecule has 0 saturated carbocycles. The van der Waals surface area contributed by atoms with Crippen LogP contribution in [0.5, 0.6) is 5.75 Å². The van der Waals surface area contributed by atoms with Crippen LogP contribution in [-0.4, -0.2) is 16.8 Å². The van der Waals surface area contributed by atoms with Gasteiger partial charge in [-0.25, -0.2) is 0 Å². The summed E-state index contributed by atoms with van der Waals surface area (Å²) >= 11 is 12.8. The van der Waals surface area contributed by atoms with E-state index in [4.69, 9.17) is 28.6 Å². The maximum Gasteiger partial charge on any atom is 0.270 e. The number of carbonyl (C=O) groups excluding carboxylic acids is 1. The number of anilines is 1. The summed E-state index contributed by atoms with van der Waals surface area (Å²) < 4.78 is 6.15. The summed E-state index contributed by atoms with van der Waals surface area (Å²) in [7, 11) is 0. The number of halogens is 1. The topological polar surface area (TPSA) is 29.5 Å². The molecule has 3 nitrogen and oxygen atoms in total. The van der Waals surface area contributed by atoms with Gasteiger partial charge in [0, 0.05) is 10.6 Å². The summed E-state index contributed by atoms with van der Waals surface area (Å²) in [6.45, 7) is 6.51. The quantitative estimate of drug-likeness (QED) is 0.479. The zero-order valence-corrected chi connectivity index (χ0v) is 17.1. The number of thioether (sulfide) groups is 1. The van der Waals surface area contributed by atoms with E-state index in [2.05, 4.69) is 0 Å². The minimum Gasteiger partial charge on any atom is -0.493 e. The average molecular weight is 404 g/mol. The molecule has 0 radical (unpaired) electrons. The van der Waals surface area contributed by atoms with Gasteiger partial charge in [0.25, 0.3) is 5.91 Å². The van der Waals surface area contributed by atoms with Crippen molar-refractivity contribution in [1.82, 2.24) is 0 Å². The average Bonchev–Trinajstić information content (AvgIpc) is 2.87. The molecule has 0 aromatic heterocycles. The van der Waals surface area contributed by atoms with Gasteiger partial charge in [-0.3, -0.25) is 9.69 Å². The van der Waals surface area contributed by atoms with Gasteiger partial charge in [-0.1, -0.05) is 41.6 Å². The second-order valence-electron chi connectivity index (χ2n) is 5.90. The van der Waals surface area contributed by atoms with E-state index in [9.17, 15) is 4.79 Å². The SMILES string of the molecule is CCOc1ccc(Cl)cc1C=C1SC(=S)N(c2ccc(C)c(C)c2)C1=O. The van der Waals surface area contributed by atoms with Crippen molar-refractivity contribution in [2.45, 2.75) is 20.8 Å². The second kappa shape index (κ2) is 7.82. The van der Waals surface area contributed by atoms with Crippen LogP contribution in [0.15, 0.2) is 41.3 Å². The van der Waals surface area contributed by atoms with Crippen LogP contribution in [-0.2, 0) is 4.79 Å². The molecule has 0 unspecified atom stereocenters. The lowest BCUT2D eigenvalue weighted by atomic mass is 10.1. The first-order valence-corrected chi connectivity index (χ1v) is 9.78. The first-order valence-electron chi connectivity index (χ1n) is 8.18. The molecule has 1 amide bonds. The van der Waals surface area contributed by atoms with Crippen LogP contribution in [0.25, 0.3) is 6.08 Å². The van der Waals surface area contributed by atoms with Gasteiger partial charge in [-0.05, 0) is 68.3 Å². The van der Waals surface area contributed by atoms with E-state index in [-0.39, 0.29) is 5.91 Å². The lowest BCUT2D eigenvalue weighted by molar-refractivity contribution is -0.113. The highest BCUT2D eigenvalue weighted by molar-refractivity contribution is 8.27. The summed E-state index contributed by atoms with van der Waals surface area (Å²) in [5.41, 5.74) is 3.85. The highest BCUT2D eigenvalue weighted by Crippen LogP contribution is 2.38. The highest BCUT2D eigenvalue weighted by Gasteiger charge is 2.33. The Labute approximate surface area is 168 Å². The smallest absolute Gasteiger partial charge is 0.270 e. The Kier molecular flexibility index (Phi) is 5.70. The van der Waals surface area contributed by atoms with Crippen LogP contribution >= 0.6 is 35.6 Å². The van der Waals surface area contributed by atoms with Crippen molar-refractivity contribution in [2.75, 3.05) is 11.5 Å². The van der Waals surface area contributed by atoms with Crippen LogP contribution < -0.4 is 9.64 Å². The molecule has 26 heavy (non-hydrogen) atoms. The van der Waals surface area contributed by atoms with Crippen LogP contribution in [0.4, 0.5) is 5.69 Å². The highest BCUT2D eigenvalue weighted by atomic mass is 35.5. The van der Waals surface area contributed by atoms with E-state index in [0.717, 1.165) is 16.8 Å². The molecule has 0 bridgehead atoms. The molecule has 0 aliphatic carbocycles. The van der Waals surface area contributed by atoms with Crippen LogP contribution in [0.2, 0.25) is 5.02 Å². The van der Waals surface area contributed by atoms with E-state index in [1.165, 1.54) is 17.3 Å². The molecular weight excluding hydrogens is 386 g/mol. The summed E-state index contributed by atoms with van der Waals surface area (Å²) in [5, 5.41) is 0.587. The second-order valence-corrected chi connectivity index (χ2v) is 8.01. The Balaban J connectivity index is 1.97. The van der Waals surface area contributed by atoms with Crippen molar-refractivity contribution in [1.29, 1.82) is 0 Å². The molecule has 3 rings (SSSR count). The fourth-order valence-electron chi connectivity index (χ4n) is 2.62. The van der Waals surface area contributed by atoms with Crippen molar-refractivity contribution in [3.8, 4) is 5.75 Å². The number of nitrogens with zero attached hydrogens (tertiary/aromatic N) is 1. The Morgan fingerprint density at radius 2 is 1.96 bits per heavy atom. The first kappa shape index (κ1) is 19.0. The van der Waals surface area contributed by atoms with E-state index < -0.39 is 0 Å². The van der Waals surface area contributed by atoms with E-state index in [0.29, 0.717) is 26.6 Å². The van der Waals surface area contributed by atoms with Crippen molar-refractivity contribution in [3.05, 3.63) is 63.0 Å². The number of carbonyl (C=O) groups is 1. The van der Waals surface area contributed by atoms with E-state index in [1.54, 1.807) is 23.1 Å². The zero-order valence-electron chi connectivity index (χ0n) is 14.7. The van der Waals surface area contributed by atoms with Gasteiger partial charge >= 0.3 is 0 Å². The summed E-state index contributed by atoms with van der Waals surface area (Å²) in [6.07, 6.45) is 1.79. The Morgan fingerprint density at radius 1 is 1.19 bits per heavy atom. The summed E-state index contributed by atoms with van der Waals surface area (Å²) in [4.78, 5) is 15.1. The molecule has 6 heteroatoms. The molecule has 0 spiro atoms. The molecule has 1 fully saturated rings. The number of hydrogen-bond donors (Lipinski definition) is 0. The molecule has 0 atom stereocenters. The Bertz CT molecular complexity index is 924. The number of ether oxygens (including phenoxy) is 1. The van der Waals surface area contributed by atoms with Gasteiger partial charge in [-0.15, -0.1) is 0 Å². The van der Waals surface area contributed by atoms with Crippen molar-refractivity contribution in [2.24, 2.45) is 0 Å². The molecule has 2 aromatic carbocycles. The number of thiocarbonyl (C=S) groups is 1. The lowest BCUT2D eigenvalue weighted by Crippen LogP contribution is -2.27. The first-order chi connectivity index (χ1) is 12.4. The Morgan fingerprint density at radius 3 is 2.65 bits per heavy atom. The largest absolute Gasteiger partial charge is 0.493 e. The van der Waals surface area contributed by atoms with Gasteiger partial charge in [0.15, 0.2) is 4.32 Å². The van der Waals surface area contributed by atoms with Crippen molar-refractivity contribution in [3.63, 3.8) is 0 Å². The summed E-state index contributed by atoms with van der Waals surface area (Å²) in [6, 6.07) is 11.3. The van der Waals surface area contributed by atoms with Gasteiger partial charge in [0.05, 0.1) is 17.2 Å². The number of aryl methyl sites for hydroxylation is 2. The van der Waals surface area contributed by atoms with E-state index >= 15 is 0 Å². The number of amides is 1. The predicted octanol–water partition coefficient (Wildman–Crippen LogP) is 5.76. The minimum absolute atomic E-state index is 0.134. The standard InChI is InChI=1S/C20H18ClNO2S2/c1-4-24-17-8-6-15(21)10-14(17)11-18-19(23)22(20(25)26-18)16-7-5-12(2)13(3)9-16/h5-11H,4H2,1-3H3. The molecule has 134 valence electrons. The third-order valence-corrected chi connectivity index (χ3v) is 5.64. The van der Waals surface area contributed by atoms with Gasteiger partial charge < -0.3 is 4.74 Å². The molecule has 1 heterocycles. The maximum absolute atomic E-state index is 12.9. The third-order valence-electron chi connectivity index (χ3n) is 4.10. The normalized spacial score (nSPS) is 15.8. The van der Waals surface area contributed by atoms with Crippen LogP contribution in [0, 0.1) is 13.8 Å². The summed E-state index contributed by atoms with van der Waals surface area (Å²) in [5.74, 6) is 0.555.